The molecule has 0 unspecified atom stereocenters. The third-order valence-electron chi connectivity index (χ3n) is 17.8. The van der Waals surface area contributed by atoms with Gasteiger partial charge in [0.05, 0.1) is 22.7 Å². The topological polar surface area (TPSA) is 6.48 Å². The molecule has 0 amide bonds. The lowest BCUT2D eigenvalue weighted by Gasteiger charge is -2.42. The third kappa shape index (κ3) is 6.08. The molecule has 2 nitrogen and oxygen atoms in total. The zero-order valence-corrected chi connectivity index (χ0v) is 43.3. The van der Waals surface area contributed by atoms with E-state index < -0.39 is 0 Å². The zero-order chi connectivity index (χ0) is 50.5. The molecule has 0 bridgehead atoms. The summed E-state index contributed by atoms with van der Waals surface area (Å²) in [6, 6.07) is 87.6. The predicted octanol–water partition coefficient (Wildman–Crippen LogP) is 20.2. The quantitative estimate of drug-likeness (QED) is 0.128. The summed E-state index contributed by atoms with van der Waals surface area (Å²) in [5.41, 5.74) is 22.3. The number of nitrogens with zero attached hydrogens (tertiary/aromatic N) is 2. The predicted molar refractivity (Wildman–Crippen MR) is 319 cm³/mol. The van der Waals surface area contributed by atoms with Crippen molar-refractivity contribution in [2.45, 2.75) is 57.8 Å². The molecule has 0 aromatic heterocycles. The molecule has 0 radical (unpaired) electrons. The van der Waals surface area contributed by atoms with Crippen molar-refractivity contribution in [1.82, 2.24) is 0 Å². The minimum absolute atomic E-state index is 0.174. The third-order valence-corrected chi connectivity index (χ3v) is 17.8. The van der Waals surface area contributed by atoms with Gasteiger partial charge in [0.25, 0.3) is 0 Å². The first-order valence-electron chi connectivity index (χ1n) is 26.7. The van der Waals surface area contributed by atoms with E-state index in [1.165, 1.54) is 133 Å². The molecule has 15 rings (SSSR count). The fourth-order valence-corrected chi connectivity index (χ4v) is 14.1. The van der Waals surface area contributed by atoms with Gasteiger partial charge < -0.3 is 9.80 Å². The second-order valence-electron chi connectivity index (χ2n) is 22.8. The minimum Gasteiger partial charge on any atom is -0.310 e. The van der Waals surface area contributed by atoms with E-state index in [9.17, 15) is 0 Å². The summed E-state index contributed by atoms with van der Waals surface area (Å²) in [7, 11) is 0. The SMILES string of the molecule is CC1(C)c2ccccc2-c2ccc(-c3c4cc(N5c6ccccc6C(C)(C)c6ccccc65)ccc4c(-c4cc5ccccc5c5ccccc45)c4cc(N5c6ccccc6C(C)(C)c6ccccc65)ccc34)cc21. The van der Waals surface area contributed by atoms with Crippen molar-refractivity contribution in [2.24, 2.45) is 0 Å². The summed E-state index contributed by atoms with van der Waals surface area (Å²) in [6.45, 7) is 14.3. The van der Waals surface area contributed by atoms with Gasteiger partial charge in [0.15, 0.2) is 0 Å². The molecule has 3 aliphatic rings. The summed E-state index contributed by atoms with van der Waals surface area (Å²) >= 11 is 0. The number of hydrogen-bond acceptors (Lipinski definition) is 2. The van der Waals surface area contributed by atoms with Gasteiger partial charge in [-0.2, -0.15) is 0 Å². The van der Waals surface area contributed by atoms with Crippen molar-refractivity contribution in [3.05, 3.63) is 264 Å². The molecule has 75 heavy (non-hydrogen) atoms. The van der Waals surface area contributed by atoms with Gasteiger partial charge in [-0.25, -0.2) is 0 Å². The van der Waals surface area contributed by atoms with Gasteiger partial charge in [0.1, 0.15) is 0 Å². The number of anilines is 6. The summed E-state index contributed by atoms with van der Waals surface area (Å²) in [6.07, 6.45) is 0. The van der Waals surface area contributed by atoms with Gasteiger partial charge in [0.2, 0.25) is 0 Å². The van der Waals surface area contributed by atoms with Crippen molar-refractivity contribution in [2.75, 3.05) is 9.80 Å². The highest BCUT2D eigenvalue weighted by molar-refractivity contribution is 6.27. The standard InChI is InChI=1S/C73H56N2/c1-71(2)59-26-12-11-25-52(59)53-38-35-46(42-64(53)71)69-54-39-36-48(75-67-33-19-15-29-62(67)73(5,6)63-30-16-20-34-68(63)75)44-58(54)70(56-41-45-21-7-8-22-49(45)50-23-9-10-24-51(50)56)55-40-37-47(43-57(55)69)74-65-31-17-13-27-60(65)72(3,4)61-28-14-18-32-66(61)74/h7-44H,1-6H3. The summed E-state index contributed by atoms with van der Waals surface area (Å²) < 4.78 is 0. The van der Waals surface area contributed by atoms with Gasteiger partial charge >= 0.3 is 0 Å². The lowest BCUT2D eigenvalue weighted by atomic mass is 9.73. The summed E-state index contributed by atoms with van der Waals surface area (Å²) in [5.74, 6) is 0. The molecule has 2 heterocycles. The normalized spacial score (nSPS) is 15.3. The van der Waals surface area contributed by atoms with Crippen LogP contribution in [-0.4, -0.2) is 0 Å². The van der Waals surface area contributed by atoms with E-state index in [-0.39, 0.29) is 16.2 Å². The van der Waals surface area contributed by atoms with Crippen LogP contribution >= 0.6 is 0 Å². The van der Waals surface area contributed by atoms with Crippen molar-refractivity contribution in [1.29, 1.82) is 0 Å². The molecule has 0 saturated heterocycles. The number of para-hydroxylation sites is 4. The minimum atomic E-state index is -0.178. The molecular formula is C73H56N2. The van der Waals surface area contributed by atoms with Crippen LogP contribution in [0.15, 0.2) is 231 Å². The van der Waals surface area contributed by atoms with Gasteiger partial charge in [-0.3, -0.25) is 0 Å². The number of fused-ring (bicyclic) bond motifs is 12. The highest BCUT2D eigenvalue weighted by atomic mass is 15.2. The molecule has 0 spiro atoms. The Hall–Kier alpha value is -8.72. The monoisotopic (exact) mass is 960 g/mol. The lowest BCUT2D eigenvalue weighted by molar-refractivity contribution is 0.632. The van der Waals surface area contributed by atoms with E-state index in [4.69, 9.17) is 0 Å². The number of hydrogen-bond donors (Lipinski definition) is 0. The van der Waals surface area contributed by atoms with Crippen LogP contribution in [0.2, 0.25) is 0 Å². The molecule has 2 aliphatic heterocycles. The molecule has 0 fully saturated rings. The molecular weight excluding hydrogens is 905 g/mol. The van der Waals surface area contributed by atoms with Gasteiger partial charge in [-0.05, 0) is 171 Å². The van der Waals surface area contributed by atoms with E-state index >= 15 is 0 Å². The van der Waals surface area contributed by atoms with Crippen molar-refractivity contribution in [3.8, 4) is 33.4 Å². The fourth-order valence-electron chi connectivity index (χ4n) is 14.1. The summed E-state index contributed by atoms with van der Waals surface area (Å²) in [4.78, 5) is 5.04. The molecule has 0 atom stereocenters. The molecule has 0 saturated carbocycles. The number of benzene rings is 12. The van der Waals surface area contributed by atoms with E-state index in [1.807, 2.05) is 0 Å². The Morgan fingerprint density at radius 1 is 0.253 bits per heavy atom. The van der Waals surface area contributed by atoms with Crippen LogP contribution in [0.25, 0.3) is 76.5 Å². The van der Waals surface area contributed by atoms with Crippen molar-refractivity contribution in [3.63, 3.8) is 0 Å². The smallest absolute Gasteiger partial charge is 0.0502 e. The molecule has 2 heteroatoms. The van der Waals surface area contributed by atoms with Crippen LogP contribution in [0.4, 0.5) is 34.1 Å². The van der Waals surface area contributed by atoms with E-state index in [2.05, 4.69) is 282 Å². The van der Waals surface area contributed by atoms with Crippen LogP contribution in [0.3, 0.4) is 0 Å². The Morgan fingerprint density at radius 3 is 1.23 bits per heavy atom. The molecule has 12 aromatic carbocycles. The maximum absolute atomic E-state index is 2.53. The molecule has 0 N–H and O–H groups in total. The second kappa shape index (κ2) is 15.7. The molecule has 358 valence electrons. The Bertz CT molecular complexity index is 4320. The highest BCUT2D eigenvalue weighted by Crippen LogP contribution is 2.57. The van der Waals surface area contributed by atoms with E-state index in [1.54, 1.807) is 0 Å². The highest BCUT2D eigenvalue weighted by Gasteiger charge is 2.40. The average Bonchev–Trinajstić information content (AvgIpc) is 3.73. The Morgan fingerprint density at radius 2 is 0.667 bits per heavy atom. The van der Waals surface area contributed by atoms with Crippen LogP contribution in [0.5, 0.6) is 0 Å². The first-order chi connectivity index (χ1) is 36.5. The molecule has 12 aromatic rings. The van der Waals surface area contributed by atoms with Crippen LogP contribution < -0.4 is 9.80 Å². The van der Waals surface area contributed by atoms with Crippen LogP contribution in [-0.2, 0) is 16.2 Å². The fraction of sp³-hybridized carbons (Fsp3) is 0.123. The van der Waals surface area contributed by atoms with Gasteiger partial charge in [-0.1, -0.05) is 211 Å². The lowest BCUT2D eigenvalue weighted by Crippen LogP contribution is -2.30. The van der Waals surface area contributed by atoms with E-state index in [0.717, 1.165) is 11.4 Å². The number of rotatable bonds is 4. The van der Waals surface area contributed by atoms with Crippen molar-refractivity contribution < 1.29 is 0 Å². The largest absolute Gasteiger partial charge is 0.310 e. The Balaban J connectivity index is 1.10. The molecule has 1 aliphatic carbocycles. The second-order valence-corrected chi connectivity index (χ2v) is 22.8. The zero-order valence-electron chi connectivity index (χ0n) is 43.3. The van der Waals surface area contributed by atoms with Crippen molar-refractivity contribution >= 4 is 77.2 Å². The van der Waals surface area contributed by atoms with Gasteiger partial charge in [-0.15, -0.1) is 0 Å². The van der Waals surface area contributed by atoms with Crippen LogP contribution in [0.1, 0.15) is 74.9 Å². The Kier molecular flexibility index (Phi) is 9.15. The Labute approximate surface area is 439 Å². The maximum atomic E-state index is 2.53. The average molecular weight is 961 g/mol. The van der Waals surface area contributed by atoms with E-state index in [0.29, 0.717) is 0 Å². The summed E-state index contributed by atoms with van der Waals surface area (Å²) in [5, 5.41) is 9.90. The maximum Gasteiger partial charge on any atom is 0.0502 e. The van der Waals surface area contributed by atoms with Gasteiger partial charge in [0, 0.05) is 27.6 Å². The first kappa shape index (κ1) is 43.8. The first-order valence-corrected chi connectivity index (χ1v) is 26.7. The van der Waals surface area contributed by atoms with Crippen LogP contribution in [0, 0.1) is 0 Å².